The van der Waals surface area contributed by atoms with Crippen molar-refractivity contribution in [1.82, 2.24) is 9.88 Å². The fourth-order valence-corrected chi connectivity index (χ4v) is 2.87. The molecule has 0 spiro atoms. The Kier molecular flexibility index (Phi) is 4.19. The maximum Gasteiger partial charge on any atom is 0.0564 e. The fraction of sp³-hybridized carbons (Fsp3) is 0.643. The van der Waals surface area contributed by atoms with Crippen molar-refractivity contribution in [1.29, 1.82) is 0 Å². The van der Waals surface area contributed by atoms with Gasteiger partial charge in [0.05, 0.1) is 11.4 Å². The van der Waals surface area contributed by atoms with Crippen LogP contribution in [0.15, 0.2) is 18.3 Å². The Morgan fingerprint density at radius 3 is 2.83 bits per heavy atom. The molecule has 0 aromatic carbocycles. The minimum Gasteiger partial charge on any atom is -0.324 e. The maximum absolute atomic E-state index is 5.42. The first kappa shape index (κ1) is 13.3. The van der Waals surface area contributed by atoms with Crippen LogP contribution in [0.4, 0.5) is 5.69 Å². The van der Waals surface area contributed by atoms with Gasteiger partial charge in [0.2, 0.25) is 0 Å². The molecule has 1 fully saturated rings. The van der Waals surface area contributed by atoms with Crippen LogP contribution in [0.3, 0.4) is 0 Å². The lowest BCUT2D eigenvalue weighted by atomic mass is 9.82. The zero-order valence-corrected chi connectivity index (χ0v) is 11.4. The molecule has 1 aliphatic heterocycles. The van der Waals surface area contributed by atoms with Gasteiger partial charge in [-0.2, -0.15) is 0 Å². The number of pyridine rings is 1. The second kappa shape index (κ2) is 5.67. The third-order valence-corrected chi connectivity index (χ3v) is 4.39. The van der Waals surface area contributed by atoms with Crippen LogP contribution in [-0.2, 0) is 6.54 Å². The van der Waals surface area contributed by atoms with Crippen molar-refractivity contribution in [2.45, 2.75) is 39.7 Å². The molecule has 18 heavy (non-hydrogen) atoms. The largest absolute Gasteiger partial charge is 0.324 e. The van der Waals surface area contributed by atoms with Crippen LogP contribution in [0.2, 0.25) is 0 Å². The molecular formula is C14H24N4. The number of rotatable bonds is 5. The van der Waals surface area contributed by atoms with Crippen LogP contribution in [0, 0.1) is 5.41 Å². The summed E-state index contributed by atoms with van der Waals surface area (Å²) < 4.78 is 0. The summed E-state index contributed by atoms with van der Waals surface area (Å²) in [5.41, 5.74) is 5.22. The third kappa shape index (κ3) is 2.82. The summed E-state index contributed by atoms with van der Waals surface area (Å²) in [4.78, 5) is 6.92. The van der Waals surface area contributed by atoms with Crippen molar-refractivity contribution in [2.24, 2.45) is 11.3 Å². The van der Waals surface area contributed by atoms with E-state index in [1.54, 1.807) is 0 Å². The molecule has 0 atom stereocenters. The molecule has 4 nitrogen and oxygen atoms in total. The highest BCUT2D eigenvalue weighted by Gasteiger charge is 2.34. The molecule has 1 aliphatic rings. The summed E-state index contributed by atoms with van der Waals surface area (Å²) in [5.74, 6) is 5.42. The SMILES string of the molecule is CCC1(CC)CCN(Cc2cc(NN)ccn2)C1. The zero-order valence-electron chi connectivity index (χ0n) is 11.4. The summed E-state index contributed by atoms with van der Waals surface area (Å²) >= 11 is 0. The Labute approximate surface area is 110 Å². The lowest BCUT2D eigenvalue weighted by Crippen LogP contribution is -2.26. The van der Waals surface area contributed by atoms with Gasteiger partial charge in [0.25, 0.3) is 0 Å². The molecule has 2 heterocycles. The van der Waals surface area contributed by atoms with Crippen LogP contribution >= 0.6 is 0 Å². The van der Waals surface area contributed by atoms with Crippen molar-refractivity contribution in [3.8, 4) is 0 Å². The number of nitrogens with zero attached hydrogens (tertiary/aromatic N) is 2. The van der Waals surface area contributed by atoms with Gasteiger partial charge in [-0.3, -0.25) is 15.7 Å². The molecule has 1 saturated heterocycles. The summed E-state index contributed by atoms with van der Waals surface area (Å²) in [6.07, 6.45) is 5.68. The number of hydrogen-bond acceptors (Lipinski definition) is 4. The standard InChI is InChI=1S/C14H24N4/c1-3-14(4-2)6-8-18(11-14)10-13-9-12(17-15)5-7-16-13/h5,7,9H,3-4,6,8,10-11,15H2,1-2H3,(H,16,17). The molecule has 0 radical (unpaired) electrons. The molecule has 0 aliphatic carbocycles. The molecule has 1 aromatic rings. The van der Waals surface area contributed by atoms with Crippen LogP contribution < -0.4 is 11.3 Å². The number of hydrogen-bond donors (Lipinski definition) is 2. The van der Waals surface area contributed by atoms with Gasteiger partial charge in [0, 0.05) is 19.3 Å². The molecule has 0 unspecified atom stereocenters. The summed E-state index contributed by atoms with van der Waals surface area (Å²) in [7, 11) is 0. The molecule has 0 saturated carbocycles. The van der Waals surface area contributed by atoms with Gasteiger partial charge < -0.3 is 5.43 Å². The Bertz CT molecular complexity index is 387. The predicted octanol–water partition coefficient (Wildman–Crippen LogP) is 2.38. The number of hydrazine groups is 1. The minimum absolute atomic E-state index is 0.531. The van der Waals surface area contributed by atoms with Crippen molar-refractivity contribution >= 4 is 5.69 Å². The predicted molar refractivity (Wildman–Crippen MR) is 75.0 cm³/mol. The number of nitrogen functional groups attached to an aromatic ring is 1. The van der Waals surface area contributed by atoms with Gasteiger partial charge in [-0.05, 0) is 43.4 Å². The smallest absolute Gasteiger partial charge is 0.0564 e. The summed E-state index contributed by atoms with van der Waals surface area (Å²) in [5, 5.41) is 0. The molecule has 100 valence electrons. The van der Waals surface area contributed by atoms with Crippen molar-refractivity contribution in [3.05, 3.63) is 24.0 Å². The fourth-order valence-electron chi connectivity index (χ4n) is 2.87. The Morgan fingerprint density at radius 1 is 1.44 bits per heavy atom. The van der Waals surface area contributed by atoms with Gasteiger partial charge in [-0.25, -0.2) is 0 Å². The van der Waals surface area contributed by atoms with E-state index in [1.807, 2.05) is 18.3 Å². The Hall–Kier alpha value is -1.13. The molecule has 4 heteroatoms. The summed E-state index contributed by atoms with van der Waals surface area (Å²) in [6, 6.07) is 3.91. The first-order valence-corrected chi connectivity index (χ1v) is 6.85. The minimum atomic E-state index is 0.531. The first-order chi connectivity index (χ1) is 8.71. The van der Waals surface area contributed by atoms with Crippen LogP contribution in [0.25, 0.3) is 0 Å². The topological polar surface area (TPSA) is 54.2 Å². The van der Waals surface area contributed by atoms with Gasteiger partial charge >= 0.3 is 0 Å². The quantitative estimate of drug-likeness (QED) is 0.620. The van der Waals surface area contributed by atoms with E-state index < -0.39 is 0 Å². The monoisotopic (exact) mass is 248 g/mol. The van der Waals surface area contributed by atoms with Gasteiger partial charge in [0.15, 0.2) is 0 Å². The number of anilines is 1. The van der Waals surface area contributed by atoms with E-state index in [-0.39, 0.29) is 0 Å². The maximum atomic E-state index is 5.42. The van der Waals surface area contributed by atoms with Crippen molar-refractivity contribution in [2.75, 3.05) is 18.5 Å². The average molecular weight is 248 g/mol. The zero-order chi connectivity index (χ0) is 13.0. The van der Waals surface area contributed by atoms with Gasteiger partial charge in [-0.15, -0.1) is 0 Å². The number of nitrogens with one attached hydrogen (secondary N) is 1. The van der Waals surface area contributed by atoms with E-state index in [9.17, 15) is 0 Å². The molecule has 1 aromatic heterocycles. The lowest BCUT2D eigenvalue weighted by molar-refractivity contribution is 0.235. The highest BCUT2D eigenvalue weighted by molar-refractivity contribution is 5.41. The molecule has 0 bridgehead atoms. The average Bonchev–Trinajstić information content (AvgIpc) is 2.83. The normalized spacial score (nSPS) is 19.1. The Morgan fingerprint density at radius 2 is 2.22 bits per heavy atom. The second-order valence-electron chi connectivity index (χ2n) is 5.35. The van der Waals surface area contributed by atoms with Gasteiger partial charge in [0.1, 0.15) is 0 Å². The van der Waals surface area contributed by atoms with Gasteiger partial charge in [-0.1, -0.05) is 13.8 Å². The van der Waals surface area contributed by atoms with Crippen LogP contribution in [0.1, 0.15) is 38.8 Å². The molecular weight excluding hydrogens is 224 g/mol. The number of aromatic nitrogens is 1. The third-order valence-electron chi connectivity index (χ3n) is 4.39. The highest BCUT2D eigenvalue weighted by atomic mass is 15.2. The molecule has 3 N–H and O–H groups in total. The van der Waals surface area contributed by atoms with Crippen LogP contribution in [-0.4, -0.2) is 23.0 Å². The van der Waals surface area contributed by atoms with E-state index in [0.717, 1.165) is 17.9 Å². The second-order valence-corrected chi connectivity index (χ2v) is 5.35. The van der Waals surface area contributed by atoms with Crippen LogP contribution in [0.5, 0.6) is 0 Å². The van der Waals surface area contributed by atoms with Crippen molar-refractivity contribution in [3.63, 3.8) is 0 Å². The lowest BCUT2D eigenvalue weighted by Gasteiger charge is -2.26. The highest BCUT2D eigenvalue weighted by Crippen LogP contribution is 2.37. The van der Waals surface area contributed by atoms with Crippen molar-refractivity contribution < 1.29 is 0 Å². The molecule has 2 rings (SSSR count). The van der Waals surface area contributed by atoms with E-state index >= 15 is 0 Å². The number of likely N-dealkylation sites (tertiary alicyclic amines) is 1. The first-order valence-electron chi connectivity index (χ1n) is 6.85. The number of nitrogens with two attached hydrogens (primary N) is 1. The Balaban J connectivity index is 1.98. The van der Waals surface area contributed by atoms with E-state index in [1.165, 1.54) is 32.4 Å². The van der Waals surface area contributed by atoms with E-state index in [4.69, 9.17) is 5.84 Å². The molecule has 0 amide bonds. The van der Waals surface area contributed by atoms with E-state index in [0.29, 0.717) is 5.41 Å². The summed E-state index contributed by atoms with van der Waals surface area (Å²) in [6.45, 7) is 7.93. The van der Waals surface area contributed by atoms with E-state index in [2.05, 4.69) is 29.2 Å².